The van der Waals surface area contributed by atoms with Crippen LogP contribution in [-0.4, -0.2) is 60.6 Å². The molecule has 0 aliphatic heterocycles. The fourth-order valence-corrected chi connectivity index (χ4v) is 4.42. The molecule has 0 saturated carbocycles. The molecule has 0 aromatic carbocycles. The summed E-state index contributed by atoms with van der Waals surface area (Å²) in [6.07, 6.45) is 23.7. The normalized spacial score (nSPS) is 12.2. The maximum atomic E-state index is 11.9. The van der Waals surface area contributed by atoms with E-state index in [1.807, 2.05) is 6.26 Å². The van der Waals surface area contributed by atoms with Crippen molar-refractivity contribution < 1.29 is 14.7 Å². The lowest BCUT2D eigenvalue weighted by Gasteiger charge is -2.13. The van der Waals surface area contributed by atoms with Crippen molar-refractivity contribution in [2.24, 2.45) is 0 Å². The van der Waals surface area contributed by atoms with E-state index in [0.717, 1.165) is 18.6 Å². The second-order valence-electron chi connectivity index (χ2n) is 9.45. The van der Waals surface area contributed by atoms with Gasteiger partial charge in [0.05, 0.1) is 0 Å². The van der Waals surface area contributed by atoms with Gasteiger partial charge in [0.2, 0.25) is 5.91 Å². The summed E-state index contributed by atoms with van der Waals surface area (Å²) in [5.41, 5.74) is 0. The summed E-state index contributed by atoms with van der Waals surface area (Å²) in [7, 11) is 4.30. The number of carboxylic acid groups (broad SMARTS) is 1. The van der Waals surface area contributed by atoms with Gasteiger partial charge in [-0.05, 0) is 51.9 Å². The molecule has 0 rings (SSSR count). The van der Waals surface area contributed by atoms with Gasteiger partial charge in [-0.2, -0.15) is 11.8 Å². The van der Waals surface area contributed by atoms with Gasteiger partial charge in [0.25, 0.3) is 0 Å². The van der Waals surface area contributed by atoms with Gasteiger partial charge in [-0.3, -0.25) is 4.79 Å². The maximum absolute atomic E-state index is 11.9. The summed E-state index contributed by atoms with van der Waals surface area (Å²) in [5, 5.41) is 11.8. The Balaban J connectivity index is 3.32. The van der Waals surface area contributed by atoms with Gasteiger partial charge in [-0.15, -0.1) is 0 Å². The largest absolute Gasteiger partial charge is 0.480 e. The molecule has 190 valence electrons. The SMILES string of the molecule is CSCCC(NC(=O)CCCCCCCCCCCCCCCCCCN(C)C)C(=O)O. The topological polar surface area (TPSA) is 69.6 Å². The molecule has 0 aromatic rings. The highest BCUT2D eigenvalue weighted by Crippen LogP contribution is 2.14. The number of carbonyl (C=O) groups is 2. The zero-order valence-electron chi connectivity index (χ0n) is 21.3. The summed E-state index contributed by atoms with van der Waals surface area (Å²) in [5.74, 6) is -0.309. The molecule has 0 radical (unpaired) electrons. The molecule has 32 heavy (non-hydrogen) atoms. The smallest absolute Gasteiger partial charge is 0.326 e. The van der Waals surface area contributed by atoms with E-state index in [4.69, 9.17) is 5.11 Å². The van der Waals surface area contributed by atoms with Crippen LogP contribution in [0.3, 0.4) is 0 Å². The molecule has 0 aromatic heterocycles. The second-order valence-corrected chi connectivity index (χ2v) is 10.4. The monoisotopic (exact) mass is 472 g/mol. The molecule has 1 unspecified atom stereocenters. The number of carboxylic acids is 1. The number of amides is 1. The van der Waals surface area contributed by atoms with Crippen molar-refractivity contribution in [1.29, 1.82) is 0 Å². The Morgan fingerprint density at radius 1 is 0.750 bits per heavy atom. The van der Waals surface area contributed by atoms with E-state index >= 15 is 0 Å². The number of nitrogens with zero attached hydrogens (tertiary/aromatic N) is 1. The molecule has 0 fully saturated rings. The van der Waals surface area contributed by atoms with Gasteiger partial charge in [0.15, 0.2) is 0 Å². The van der Waals surface area contributed by atoms with Gasteiger partial charge in [-0.1, -0.05) is 89.9 Å². The first-order valence-electron chi connectivity index (χ1n) is 13.1. The van der Waals surface area contributed by atoms with E-state index in [1.165, 1.54) is 96.4 Å². The molecular formula is C26H52N2O3S. The van der Waals surface area contributed by atoms with Crippen molar-refractivity contribution >= 4 is 23.6 Å². The minimum absolute atomic E-state index is 0.122. The van der Waals surface area contributed by atoms with E-state index in [0.29, 0.717) is 12.8 Å². The lowest BCUT2D eigenvalue weighted by Crippen LogP contribution is -2.41. The Kier molecular flexibility index (Phi) is 22.9. The predicted molar refractivity (Wildman–Crippen MR) is 140 cm³/mol. The first kappa shape index (κ1) is 31.2. The maximum Gasteiger partial charge on any atom is 0.326 e. The van der Waals surface area contributed by atoms with E-state index in [-0.39, 0.29) is 5.91 Å². The van der Waals surface area contributed by atoms with Crippen LogP contribution < -0.4 is 5.32 Å². The number of aliphatic carboxylic acids is 1. The molecule has 0 saturated heterocycles. The van der Waals surface area contributed by atoms with E-state index in [2.05, 4.69) is 24.3 Å². The number of hydrogen-bond donors (Lipinski definition) is 2. The summed E-state index contributed by atoms with van der Waals surface area (Å²) in [6.45, 7) is 1.23. The Morgan fingerprint density at radius 3 is 1.53 bits per heavy atom. The van der Waals surface area contributed by atoms with Crippen LogP contribution in [0.4, 0.5) is 0 Å². The van der Waals surface area contributed by atoms with Crippen LogP contribution in [0.15, 0.2) is 0 Å². The molecule has 0 spiro atoms. The lowest BCUT2D eigenvalue weighted by molar-refractivity contribution is -0.141. The zero-order chi connectivity index (χ0) is 23.9. The summed E-state index contributed by atoms with van der Waals surface area (Å²) in [4.78, 5) is 25.4. The van der Waals surface area contributed by atoms with Crippen molar-refractivity contribution in [3.63, 3.8) is 0 Å². The standard InChI is InChI=1S/C26H52N2O3S/c1-28(2)22-19-17-15-13-11-9-7-5-4-6-8-10-12-14-16-18-20-25(29)27-24(26(30)31)21-23-32-3/h24H,4-23H2,1-3H3,(H,27,29)(H,30,31). The number of rotatable bonds is 24. The van der Waals surface area contributed by atoms with Gasteiger partial charge < -0.3 is 15.3 Å². The minimum atomic E-state index is -0.932. The highest BCUT2D eigenvalue weighted by molar-refractivity contribution is 7.98. The number of hydrogen-bond acceptors (Lipinski definition) is 4. The van der Waals surface area contributed by atoms with E-state index in [9.17, 15) is 9.59 Å². The molecule has 2 N–H and O–H groups in total. The van der Waals surface area contributed by atoms with Gasteiger partial charge in [0.1, 0.15) is 6.04 Å². The molecular weight excluding hydrogens is 420 g/mol. The van der Waals surface area contributed by atoms with Crippen LogP contribution >= 0.6 is 11.8 Å². The Morgan fingerprint density at radius 2 is 1.16 bits per heavy atom. The molecule has 1 amide bonds. The molecule has 0 aliphatic rings. The van der Waals surface area contributed by atoms with Crippen molar-refractivity contribution in [2.45, 2.75) is 122 Å². The predicted octanol–water partition coefficient (Wildman–Crippen LogP) is 6.50. The molecule has 0 heterocycles. The van der Waals surface area contributed by atoms with Gasteiger partial charge in [-0.25, -0.2) is 4.79 Å². The van der Waals surface area contributed by atoms with Crippen LogP contribution in [0.25, 0.3) is 0 Å². The molecule has 0 aliphatic carbocycles. The van der Waals surface area contributed by atoms with E-state index < -0.39 is 12.0 Å². The minimum Gasteiger partial charge on any atom is -0.480 e. The first-order valence-corrected chi connectivity index (χ1v) is 14.5. The van der Waals surface area contributed by atoms with Crippen molar-refractivity contribution in [3.05, 3.63) is 0 Å². The number of nitrogens with one attached hydrogen (secondary N) is 1. The molecule has 1 atom stereocenters. The molecule has 5 nitrogen and oxygen atoms in total. The highest BCUT2D eigenvalue weighted by Gasteiger charge is 2.18. The number of unbranched alkanes of at least 4 members (excludes halogenated alkanes) is 15. The van der Waals surface area contributed by atoms with Crippen LogP contribution in [0.2, 0.25) is 0 Å². The Bertz CT molecular complexity index is 447. The second kappa shape index (κ2) is 23.4. The van der Waals surface area contributed by atoms with Crippen molar-refractivity contribution in [1.82, 2.24) is 10.2 Å². The number of thioether (sulfide) groups is 1. The van der Waals surface area contributed by atoms with Gasteiger partial charge >= 0.3 is 5.97 Å². The zero-order valence-corrected chi connectivity index (χ0v) is 22.2. The van der Waals surface area contributed by atoms with Gasteiger partial charge in [0, 0.05) is 6.42 Å². The summed E-state index contributed by atoms with van der Waals surface area (Å²) < 4.78 is 0. The third kappa shape index (κ3) is 22.4. The molecule has 6 heteroatoms. The van der Waals surface area contributed by atoms with Crippen LogP contribution in [0.1, 0.15) is 116 Å². The van der Waals surface area contributed by atoms with Crippen LogP contribution in [0.5, 0.6) is 0 Å². The molecule has 0 bridgehead atoms. The Hall–Kier alpha value is -0.750. The third-order valence-electron chi connectivity index (χ3n) is 6.00. The quantitative estimate of drug-likeness (QED) is 0.157. The number of carbonyl (C=O) groups excluding carboxylic acids is 1. The van der Waals surface area contributed by atoms with E-state index in [1.54, 1.807) is 11.8 Å². The average Bonchev–Trinajstić information content (AvgIpc) is 2.75. The fraction of sp³-hybridized carbons (Fsp3) is 0.923. The third-order valence-corrected chi connectivity index (χ3v) is 6.65. The fourth-order valence-electron chi connectivity index (χ4n) is 3.95. The van der Waals surface area contributed by atoms with Crippen molar-refractivity contribution in [2.75, 3.05) is 32.6 Å². The average molecular weight is 473 g/mol. The van der Waals surface area contributed by atoms with Crippen molar-refractivity contribution in [3.8, 4) is 0 Å². The summed E-state index contributed by atoms with van der Waals surface area (Å²) >= 11 is 1.60. The van der Waals surface area contributed by atoms with Crippen LogP contribution in [-0.2, 0) is 9.59 Å². The Labute approximate surface area is 202 Å². The lowest BCUT2D eigenvalue weighted by atomic mass is 10.0. The first-order chi connectivity index (χ1) is 15.5. The summed E-state index contributed by atoms with van der Waals surface area (Å²) in [6, 6.07) is -0.743. The highest BCUT2D eigenvalue weighted by atomic mass is 32.2. The van der Waals surface area contributed by atoms with Crippen LogP contribution in [0, 0.1) is 0 Å².